The van der Waals surface area contributed by atoms with Gasteiger partial charge in [0.2, 0.25) is 0 Å². The molecule has 0 fully saturated rings. The molecule has 0 aromatic heterocycles. The van der Waals surface area contributed by atoms with E-state index in [0.29, 0.717) is 0 Å². The summed E-state index contributed by atoms with van der Waals surface area (Å²) in [4.78, 5) is 2.47. The molecule has 0 spiro atoms. The molecule has 262 valence electrons. The van der Waals surface area contributed by atoms with Crippen LogP contribution in [0.1, 0.15) is 0 Å². The van der Waals surface area contributed by atoms with Crippen LogP contribution in [0.4, 0.5) is 17.1 Å². The maximum atomic E-state index is 2.47. The normalized spacial score (nSPS) is 12.2. The second-order valence-electron chi connectivity index (χ2n) is 15.7. The van der Waals surface area contributed by atoms with Crippen LogP contribution in [0.15, 0.2) is 200 Å². The fourth-order valence-electron chi connectivity index (χ4n) is 10.1. The predicted octanol–water partition coefficient (Wildman–Crippen LogP) is 16.1. The highest BCUT2D eigenvalue weighted by molar-refractivity contribution is 6.37. The minimum atomic E-state index is 1.13. The molecule has 0 aliphatic heterocycles. The van der Waals surface area contributed by atoms with Crippen molar-refractivity contribution in [2.75, 3.05) is 4.90 Å². The lowest BCUT2D eigenvalue weighted by atomic mass is 9.87. The monoisotopic (exact) mass is 719 g/mol. The van der Waals surface area contributed by atoms with Gasteiger partial charge in [0.05, 0.1) is 0 Å². The second kappa shape index (κ2) is 11.5. The topological polar surface area (TPSA) is 3.24 Å². The first kappa shape index (κ1) is 30.8. The van der Waals surface area contributed by atoms with Crippen LogP contribution >= 0.6 is 0 Å². The third kappa shape index (κ3) is 4.40. The van der Waals surface area contributed by atoms with Crippen molar-refractivity contribution in [2.24, 2.45) is 0 Å². The van der Waals surface area contributed by atoms with Crippen LogP contribution in [-0.2, 0) is 0 Å². The molecule has 13 aromatic carbocycles. The van der Waals surface area contributed by atoms with Crippen molar-refractivity contribution in [3.63, 3.8) is 0 Å². The van der Waals surface area contributed by atoms with Crippen LogP contribution in [0, 0.1) is 0 Å². The van der Waals surface area contributed by atoms with Crippen LogP contribution in [-0.4, -0.2) is 0 Å². The summed E-state index contributed by atoms with van der Waals surface area (Å²) in [5, 5.41) is 25.5. The highest BCUT2D eigenvalue weighted by Crippen LogP contribution is 2.47. The van der Waals surface area contributed by atoms with Gasteiger partial charge in [-0.1, -0.05) is 164 Å². The van der Waals surface area contributed by atoms with Crippen LogP contribution in [0.5, 0.6) is 0 Å². The number of nitrogens with zero attached hydrogens (tertiary/aromatic N) is 1. The highest BCUT2D eigenvalue weighted by Gasteiger charge is 2.20. The smallest absolute Gasteiger partial charge is 0.0474 e. The largest absolute Gasteiger partial charge is 0.310 e. The van der Waals surface area contributed by atoms with Crippen LogP contribution in [0.2, 0.25) is 0 Å². The minimum absolute atomic E-state index is 1.13. The molecule has 13 aromatic rings. The standard InChI is InChI=1S/C56H33N/c1-3-13-45-34(8-1)18-23-39-30-42(26-28-47(39)45)57(43-27-29-48-40(31-43)24-19-35-9-2-4-14-46(35)48)44-32-41-25-22-38-11-6-16-50-49-15-5-10-36-20-21-37-12-7-17-51(55(37)53(36)49)52(33-44)56(41)54(38)50/h1-33H. The first-order chi connectivity index (χ1) is 28.2. The summed E-state index contributed by atoms with van der Waals surface area (Å²) in [5.41, 5.74) is 3.39. The van der Waals surface area contributed by atoms with Gasteiger partial charge in [-0.25, -0.2) is 0 Å². The molecule has 0 radical (unpaired) electrons. The summed E-state index contributed by atoms with van der Waals surface area (Å²) >= 11 is 0. The van der Waals surface area contributed by atoms with E-state index in [1.165, 1.54) is 108 Å². The Morgan fingerprint density at radius 3 is 1.07 bits per heavy atom. The SMILES string of the molecule is c1ccc2c(c1)ccc1cc(N(c3ccc4c(ccc5ccccc54)c3)c3cc4ccc5cccc6c7cccc8ccc9cccc(c(c3)c4c56)c9c87)ccc12. The van der Waals surface area contributed by atoms with Crippen molar-refractivity contribution in [2.45, 2.75) is 0 Å². The van der Waals surface area contributed by atoms with Gasteiger partial charge in [0.25, 0.3) is 0 Å². The zero-order valence-electron chi connectivity index (χ0n) is 31.0. The highest BCUT2D eigenvalue weighted by atomic mass is 15.1. The van der Waals surface area contributed by atoms with E-state index in [-0.39, 0.29) is 0 Å². The average molecular weight is 720 g/mol. The predicted molar refractivity (Wildman–Crippen MR) is 247 cm³/mol. The lowest BCUT2D eigenvalue weighted by Gasteiger charge is -2.27. The van der Waals surface area contributed by atoms with E-state index in [0.717, 1.165) is 17.1 Å². The Kier molecular flexibility index (Phi) is 6.23. The molecule has 0 amide bonds. The number of benzene rings is 12. The number of hydrogen-bond acceptors (Lipinski definition) is 1. The summed E-state index contributed by atoms with van der Waals surface area (Å²) in [6.45, 7) is 0. The van der Waals surface area contributed by atoms with E-state index in [1.54, 1.807) is 0 Å². The molecule has 0 bridgehead atoms. The van der Waals surface area contributed by atoms with Gasteiger partial charge in [-0.05, 0) is 144 Å². The molecule has 1 nitrogen and oxygen atoms in total. The first-order valence-electron chi connectivity index (χ1n) is 19.8. The molecular formula is C56H33N. The van der Waals surface area contributed by atoms with Gasteiger partial charge in [0, 0.05) is 17.1 Å². The molecule has 0 N–H and O–H groups in total. The Balaban J connectivity index is 1.17. The van der Waals surface area contributed by atoms with Crippen LogP contribution < -0.4 is 4.90 Å². The number of fused-ring (bicyclic) bond motifs is 8. The third-order valence-electron chi connectivity index (χ3n) is 12.6. The quantitative estimate of drug-likeness (QED) is 0.164. The summed E-state index contributed by atoms with van der Waals surface area (Å²) < 4.78 is 0. The maximum absolute atomic E-state index is 2.47. The Bertz CT molecular complexity index is 3690. The number of hydrogen-bond donors (Lipinski definition) is 0. The van der Waals surface area contributed by atoms with Crippen LogP contribution in [0.25, 0.3) is 108 Å². The zero-order valence-corrected chi connectivity index (χ0v) is 31.0. The molecule has 0 aliphatic carbocycles. The molecule has 0 atom stereocenters. The molecule has 0 heterocycles. The van der Waals surface area contributed by atoms with Crippen molar-refractivity contribution >= 4 is 125 Å². The van der Waals surface area contributed by atoms with E-state index < -0.39 is 0 Å². The lowest BCUT2D eigenvalue weighted by Crippen LogP contribution is -2.10. The molecule has 0 saturated heterocycles. The van der Waals surface area contributed by atoms with Crippen molar-refractivity contribution in [1.29, 1.82) is 0 Å². The van der Waals surface area contributed by atoms with Gasteiger partial charge in [0.15, 0.2) is 0 Å². The molecule has 0 aliphatic rings. The number of anilines is 3. The second-order valence-corrected chi connectivity index (χ2v) is 15.7. The zero-order chi connectivity index (χ0) is 37.2. The van der Waals surface area contributed by atoms with Crippen molar-refractivity contribution < 1.29 is 0 Å². The van der Waals surface area contributed by atoms with Crippen molar-refractivity contribution in [3.8, 4) is 0 Å². The van der Waals surface area contributed by atoms with Gasteiger partial charge in [0.1, 0.15) is 0 Å². The van der Waals surface area contributed by atoms with E-state index in [2.05, 4.69) is 205 Å². The average Bonchev–Trinajstić information content (AvgIpc) is 3.27. The van der Waals surface area contributed by atoms with Gasteiger partial charge in [-0.2, -0.15) is 0 Å². The molecule has 57 heavy (non-hydrogen) atoms. The van der Waals surface area contributed by atoms with E-state index in [1.807, 2.05) is 0 Å². The fourth-order valence-corrected chi connectivity index (χ4v) is 10.1. The van der Waals surface area contributed by atoms with Crippen molar-refractivity contribution in [3.05, 3.63) is 200 Å². The lowest BCUT2D eigenvalue weighted by molar-refractivity contribution is 1.30. The van der Waals surface area contributed by atoms with Gasteiger partial charge >= 0.3 is 0 Å². The van der Waals surface area contributed by atoms with Crippen LogP contribution in [0.3, 0.4) is 0 Å². The molecule has 0 unspecified atom stereocenters. The Morgan fingerprint density at radius 1 is 0.193 bits per heavy atom. The van der Waals surface area contributed by atoms with E-state index >= 15 is 0 Å². The minimum Gasteiger partial charge on any atom is -0.310 e. The maximum Gasteiger partial charge on any atom is 0.0474 e. The van der Waals surface area contributed by atoms with E-state index in [4.69, 9.17) is 0 Å². The Labute approximate surface area is 328 Å². The summed E-state index contributed by atoms with van der Waals surface area (Å²) in [7, 11) is 0. The Morgan fingerprint density at radius 2 is 0.544 bits per heavy atom. The summed E-state index contributed by atoms with van der Waals surface area (Å²) in [6, 6.07) is 75.0. The van der Waals surface area contributed by atoms with Gasteiger partial charge in [-0.3, -0.25) is 0 Å². The number of rotatable bonds is 3. The van der Waals surface area contributed by atoms with Crippen molar-refractivity contribution in [1.82, 2.24) is 0 Å². The molecule has 1 heteroatoms. The third-order valence-corrected chi connectivity index (χ3v) is 12.6. The first-order valence-corrected chi connectivity index (χ1v) is 19.8. The fraction of sp³-hybridized carbons (Fsp3) is 0. The van der Waals surface area contributed by atoms with Gasteiger partial charge in [-0.15, -0.1) is 0 Å². The molecule has 13 rings (SSSR count). The summed E-state index contributed by atoms with van der Waals surface area (Å²) in [5.74, 6) is 0. The Hall–Kier alpha value is -7.48. The summed E-state index contributed by atoms with van der Waals surface area (Å²) in [6.07, 6.45) is 0. The molecule has 0 saturated carbocycles. The van der Waals surface area contributed by atoms with E-state index in [9.17, 15) is 0 Å². The molecular weight excluding hydrogens is 687 g/mol. The van der Waals surface area contributed by atoms with Gasteiger partial charge < -0.3 is 4.90 Å².